The zero-order chi connectivity index (χ0) is 15.3. The Morgan fingerprint density at radius 1 is 1.27 bits per heavy atom. The van der Waals surface area contributed by atoms with Crippen molar-refractivity contribution in [2.24, 2.45) is 0 Å². The van der Waals surface area contributed by atoms with Crippen molar-refractivity contribution in [1.29, 1.82) is 0 Å². The largest absolute Gasteiger partial charge is 0.336 e. The Bertz CT molecular complexity index is 898. The number of aryl methyl sites for hydroxylation is 2. The van der Waals surface area contributed by atoms with E-state index in [1.54, 1.807) is 4.40 Å². The molecule has 1 aliphatic carbocycles. The van der Waals surface area contributed by atoms with E-state index in [1.807, 2.05) is 11.5 Å². The molecular weight excluding hydrogens is 280 g/mol. The van der Waals surface area contributed by atoms with E-state index in [0.29, 0.717) is 23.0 Å². The molecule has 7 heteroatoms. The summed E-state index contributed by atoms with van der Waals surface area (Å²) < 4.78 is 3.62. The fourth-order valence-corrected chi connectivity index (χ4v) is 2.97. The molecule has 7 nitrogen and oxygen atoms in total. The van der Waals surface area contributed by atoms with Gasteiger partial charge >= 0.3 is 0 Å². The summed E-state index contributed by atoms with van der Waals surface area (Å²) in [7, 11) is 0. The molecule has 0 bridgehead atoms. The summed E-state index contributed by atoms with van der Waals surface area (Å²) in [5.74, 6) is 2.64. The molecule has 116 valence electrons. The van der Waals surface area contributed by atoms with Gasteiger partial charge in [0.2, 0.25) is 5.78 Å². The molecule has 0 saturated heterocycles. The lowest BCUT2D eigenvalue weighted by Crippen LogP contribution is -2.20. The van der Waals surface area contributed by atoms with E-state index in [9.17, 15) is 4.79 Å². The third kappa shape index (κ3) is 1.95. The molecule has 0 radical (unpaired) electrons. The molecule has 3 heterocycles. The van der Waals surface area contributed by atoms with Crippen molar-refractivity contribution in [3.63, 3.8) is 0 Å². The molecule has 22 heavy (non-hydrogen) atoms. The molecule has 4 rings (SSSR count). The second kappa shape index (κ2) is 4.93. The maximum atomic E-state index is 12.7. The number of imidazole rings is 1. The van der Waals surface area contributed by atoms with Crippen molar-refractivity contribution >= 4 is 16.9 Å². The van der Waals surface area contributed by atoms with E-state index in [2.05, 4.69) is 22.1 Å². The molecule has 0 unspecified atom stereocenters. The number of aromatic nitrogens is 6. The molecule has 3 aromatic heterocycles. The Hall–Kier alpha value is -2.18. The van der Waals surface area contributed by atoms with Gasteiger partial charge in [-0.15, -0.1) is 10.2 Å². The average Bonchev–Trinajstić information content (AvgIpc) is 3.14. The average molecular weight is 300 g/mol. The fourth-order valence-electron chi connectivity index (χ4n) is 2.97. The third-order valence-corrected chi connectivity index (χ3v) is 4.37. The van der Waals surface area contributed by atoms with Gasteiger partial charge in [0, 0.05) is 12.5 Å². The standard InChI is InChI=1S/C15H20N6O/c1-3-4-5-8-20-13-11(16-12(17-13)10-6-7-10)14(22)21-9(2)18-19-15(20)21/h10H,3-8H2,1-2H3,(H,16,17). The summed E-state index contributed by atoms with van der Waals surface area (Å²) in [4.78, 5) is 20.7. The number of aromatic amines is 1. The molecule has 1 fully saturated rings. The van der Waals surface area contributed by atoms with E-state index >= 15 is 0 Å². The van der Waals surface area contributed by atoms with E-state index in [0.717, 1.165) is 50.1 Å². The smallest absolute Gasteiger partial charge is 0.286 e. The van der Waals surface area contributed by atoms with Crippen molar-refractivity contribution in [1.82, 2.24) is 29.1 Å². The third-order valence-electron chi connectivity index (χ3n) is 4.37. The van der Waals surface area contributed by atoms with Crippen LogP contribution in [-0.2, 0) is 6.54 Å². The van der Waals surface area contributed by atoms with Gasteiger partial charge in [-0.25, -0.2) is 9.38 Å². The second-order valence-corrected chi connectivity index (χ2v) is 6.14. The van der Waals surface area contributed by atoms with Crippen molar-refractivity contribution < 1.29 is 0 Å². The summed E-state index contributed by atoms with van der Waals surface area (Å²) in [5.41, 5.74) is 1.20. The summed E-state index contributed by atoms with van der Waals surface area (Å²) in [6.45, 7) is 4.79. The number of unbranched alkanes of at least 4 members (excludes halogenated alkanes) is 2. The Labute approximate surface area is 127 Å². The van der Waals surface area contributed by atoms with E-state index in [4.69, 9.17) is 4.98 Å². The van der Waals surface area contributed by atoms with E-state index in [1.165, 1.54) is 0 Å². The monoisotopic (exact) mass is 300 g/mol. The van der Waals surface area contributed by atoms with Gasteiger partial charge in [-0.05, 0) is 26.2 Å². The molecule has 0 amide bonds. The van der Waals surface area contributed by atoms with Crippen LogP contribution in [0.4, 0.5) is 0 Å². The van der Waals surface area contributed by atoms with Crippen LogP contribution in [0.1, 0.15) is 56.6 Å². The van der Waals surface area contributed by atoms with Crippen LogP contribution >= 0.6 is 0 Å². The van der Waals surface area contributed by atoms with Crippen molar-refractivity contribution in [2.75, 3.05) is 0 Å². The Morgan fingerprint density at radius 3 is 2.82 bits per heavy atom. The zero-order valence-electron chi connectivity index (χ0n) is 13.0. The van der Waals surface area contributed by atoms with Gasteiger partial charge in [-0.1, -0.05) is 19.8 Å². The summed E-state index contributed by atoms with van der Waals surface area (Å²) in [6.07, 6.45) is 5.65. The molecule has 0 spiro atoms. The first-order valence-electron chi connectivity index (χ1n) is 8.05. The van der Waals surface area contributed by atoms with E-state index in [-0.39, 0.29) is 5.56 Å². The highest BCUT2D eigenvalue weighted by Crippen LogP contribution is 2.38. The summed E-state index contributed by atoms with van der Waals surface area (Å²) in [5, 5.41) is 8.27. The number of hydrogen-bond acceptors (Lipinski definition) is 4. The topological polar surface area (TPSA) is 80.9 Å². The van der Waals surface area contributed by atoms with Crippen LogP contribution in [-0.4, -0.2) is 29.1 Å². The van der Waals surface area contributed by atoms with Gasteiger partial charge in [-0.3, -0.25) is 9.36 Å². The minimum absolute atomic E-state index is 0.0985. The quantitative estimate of drug-likeness (QED) is 0.732. The molecule has 0 atom stereocenters. The zero-order valence-corrected chi connectivity index (χ0v) is 13.0. The molecule has 1 saturated carbocycles. The molecule has 0 aliphatic heterocycles. The number of H-pyrrole nitrogens is 1. The minimum atomic E-state index is -0.0985. The molecule has 1 N–H and O–H groups in total. The predicted molar refractivity (Wildman–Crippen MR) is 83.1 cm³/mol. The molecule has 1 aliphatic rings. The second-order valence-electron chi connectivity index (χ2n) is 6.14. The van der Waals surface area contributed by atoms with Gasteiger partial charge in [0.05, 0.1) is 0 Å². The highest BCUT2D eigenvalue weighted by Gasteiger charge is 2.28. The maximum absolute atomic E-state index is 12.7. The van der Waals surface area contributed by atoms with Crippen LogP contribution < -0.4 is 5.56 Å². The first kappa shape index (κ1) is 13.5. The normalized spacial score (nSPS) is 15.2. The molecular formula is C15H20N6O. The van der Waals surface area contributed by atoms with Gasteiger partial charge in [-0.2, -0.15) is 0 Å². The predicted octanol–water partition coefficient (Wildman–Crippen LogP) is 2.14. The minimum Gasteiger partial charge on any atom is -0.336 e. The van der Waals surface area contributed by atoms with Gasteiger partial charge in [0.1, 0.15) is 17.2 Å². The lowest BCUT2D eigenvalue weighted by molar-refractivity contribution is 0.612. The highest BCUT2D eigenvalue weighted by molar-refractivity contribution is 5.73. The van der Waals surface area contributed by atoms with Crippen LogP contribution in [0.25, 0.3) is 16.9 Å². The Kier molecular flexibility index (Phi) is 3.02. The van der Waals surface area contributed by atoms with Gasteiger partial charge in [0.25, 0.3) is 5.56 Å². The van der Waals surface area contributed by atoms with Crippen LogP contribution in [0.5, 0.6) is 0 Å². The Morgan fingerprint density at radius 2 is 2.09 bits per heavy atom. The number of nitrogens with one attached hydrogen (secondary N) is 1. The number of nitrogens with zero attached hydrogens (tertiary/aromatic N) is 5. The first-order valence-corrected chi connectivity index (χ1v) is 8.05. The van der Waals surface area contributed by atoms with Crippen molar-refractivity contribution in [3.8, 4) is 0 Å². The van der Waals surface area contributed by atoms with Crippen LogP contribution in [0.3, 0.4) is 0 Å². The SMILES string of the molecule is CCCCCn1c2nc(C3CC3)[nH]c2c(=O)n2c(C)nnc12. The summed E-state index contributed by atoms with van der Waals surface area (Å²) in [6, 6.07) is 0. The number of rotatable bonds is 5. The lowest BCUT2D eigenvalue weighted by atomic mass is 10.2. The number of fused-ring (bicyclic) bond motifs is 2. The molecule has 0 aromatic carbocycles. The maximum Gasteiger partial charge on any atom is 0.286 e. The summed E-state index contributed by atoms with van der Waals surface area (Å²) >= 11 is 0. The highest BCUT2D eigenvalue weighted by atomic mass is 16.1. The first-order chi connectivity index (χ1) is 10.7. The van der Waals surface area contributed by atoms with Gasteiger partial charge in [0.15, 0.2) is 5.65 Å². The van der Waals surface area contributed by atoms with Crippen LogP contribution in [0, 0.1) is 6.92 Å². The van der Waals surface area contributed by atoms with Gasteiger partial charge < -0.3 is 4.98 Å². The number of hydrogen-bond donors (Lipinski definition) is 1. The molecule has 3 aromatic rings. The fraction of sp³-hybridized carbons (Fsp3) is 0.600. The van der Waals surface area contributed by atoms with Crippen LogP contribution in [0.2, 0.25) is 0 Å². The van der Waals surface area contributed by atoms with Crippen LogP contribution in [0.15, 0.2) is 4.79 Å². The van der Waals surface area contributed by atoms with E-state index < -0.39 is 0 Å². The Balaban J connectivity index is 1.97. The van der Waals surface area contributed by atoms with Crippen molar-refractivity contribution in [2.45, 2.75) is 58.4 Å². The van der Waals surface area contributed by atoms with Crippen molar-refractivity contribution in [3.05, 3.63) is 22.0 Å². The lowest BCUT2D eigenvalue weighted by Gasteiger charge is -2.08.